The minimum atomic E-state index is -0.533. The normalized spacial score (nSPS) is 12.9. The topological polar surface area (TPSA) is 102 Å². The average Bonchev–Trinajstić information content (AvgIpc) is 2.81. The molecule has 8 nitrogen and oxygen atoms in total. The summed E-state index contributed by atoms with van der Waals surface area (Å²) in [5.41, 5.74) is 1.49. The van der Waals surface area contributed by atoms with Crippen molar-refractivity contribution in [3.05, 3.63) is 98.8 Å². The van der Waals surface area contributed by atoms with Crippen LogP contribution in [0.5, 0.6) is 5.75 Å². The van der Waals surface area contributed by atoms with E-state index in [1.54, 1.807) is 24.3 Å². The third-order valence-electron chi connectivity index (χ3n) is 5.08. The summed E-state index contributed by atoms with van der Waals surface area (Å²) in [5.74, 6) is -0.959. The van der Waals surface area contributed by atoms with Gasteiger partial charge in [-0.2, -0.15) is 0 Å². The van der Waals surface area contributed by atoms with Crippen LogP contribution in [0.2, 0.25) is 5.02 Å². The number of rotatable bonds is 6. The third-order valence-corrected chi connectivity index (χ3v) is 5.43. The number of halogens is 2. The molecule has 0 atom stereocenters. The third kappa shape index (κ3) is 5.05. The quantitative estimate of drug-likeness (QED) is 0.304. The first-order valence-corrected chi connectivity index (χ1v) is 10.4. The highest BCUT2D eigenvalue weighted by Crippen LogP contribution is 2.36. The van der Waals surface area contributed by atoms with Crippen LogP contribution in [-0.4, -0.2) is 23.3 Å². The highest BCUT2D eigenvalue weighted by Gasteiger charge is 2.27. The van der Waals surface area contributed by atoms with Crippen LogP contribution in [0.25, 0.3) is 6.08 Å². The fraction of sp³-hybridized carbons (Fsp3) is 0.0833. The van der Waals surface area contributed by atoms with Crippen molar-refractivity contribution in [1.29, 1.82) is 0 Å². The first-order valence-electron chi connectivity index (χ1n) is 10.1. The smallest absolute Gasteiger partial charge is 0.269 e. The Kier molecular flexibility index (Phi) is 6.55. The molecular weight excluding hydrogens is 465 g/mol. The van der Waals surface area contributed by atoms with Crippen molar-refractivity contribution >= 4 is 46.6 Å². The van der Waals surface area contributed by atoms with E-state index in [1.165, 1.54) is 53.5 Å². The Morgan fingerprint density at radius 1 is 1.21 bits per heavy atom. The molecule has 0 fully saturated rings. The lowest BCUT2D eigenvalue weighted by Gasteiger charge is -2.30. The molecule has 1 aliphatic heterocycles. The number of ether oxygens (including phenoxy) is 1. The monoisotopic (exact) mass is 481 g/mol. The number of carbonyl (C=O) groups excluding carboxylic acids is 2. The lowest BCUT2D eigenvalue weighted by molar-refractivity contribution is -0.384. The fourth-order valence-corrected chi connectivity index (χ4v) is 3.58. The lowest BCUT2D eigenvalue weighted by Crippen LogP contribution is -2.38. The van der Waals surface area contributed by atoms with E-state index in [4.69, 9.17) is 16.3 Å². The van der Waals surface area contributed by atoms with Gasteiger partial charge in [0.15, 0.2) is 6.61 Å². The zero-order valence-corrected chi connectivity index (χ0v) is 18.3. The zero-order valence-electron chi connectivity index (χ0n) is 17.5. The van der Waals surface area contributed by atoms with Crippen molar-refractivity contribution < 1.29 is 23.6 Å². The van der Waals surface area contributed by atoms with Gasteiger partial charge in [-0.1, -0.05) is 17.7 Å². The molecule has 0 spiro atoms. The van der Waals surface area contributed by atoms with E-state index in [0.717, 1.165) is 0 Å². The summed E-state index contributed by atoms with van der Waals surface area (Å²) < 4.78 is 19.8. The van der Waals surface area contributed by atoms with Gasteiger partial charge in [-0.3, -0.25) is 19.7 Å². The maximum atomic E-state index is 14.3. The molecule has 4 rings (SSSR count). The predicted molar refractivity (Wildman–Crippen MR) is 125 cm³/mol. The molecule has 172 valence electrons. The number of hydrogen-bond acceptors (Lipinski definition) is 5. The molecule has 0 bridgehead atoms. The Morgan fingerprint density at radius 2 is 1.97 bits per heavy atom. The molecule has 0 aromatic heterocycles. The van der Waals surface area contributed by atoms with Crippen molar-refractivity contribution in [2.24, 2.45) is 0 Å². The molecule has 0 saturated heterocycles. The number of fused-ring (bicyclic) bond motifs is 1. The van der Waals surface area contributed by atoms with E-state index in [0.29, 0.717) is 22.7 Å². The van der Waals surface area contributed by atoms with E-state index in [1.807, 2.05) is 0 Å². The molecule has 1 aliphatic rings. The van der Waals surface area contributed by atoms with Gasteiger partial charge in [-0.05, 0) is 54.1 Å². The summed E-state index contributed by atoms with van der Waals surface area (Å²) in [6.07, 6.45) is 2.79. The molecule has 1 N–H and O–H groups in total. The molecule has 34 heavy (non-hydrogen) atoms. The number of anilines is 2. The standard InChI is InChI=1S/C24H17ClFN3O5/c25-19-2-1-3-20(26)18(19)13-28-21-12-16(7-10-22(21)34-14-24(28)31)27-23(30)11-6-15-4-8-17(9-5-15)29(32)33/h1-12H,13-14H2,(H,27,30)/b11-6+. The van der Waals surface area contributed by atoms with Gasteiger partial charge < -0.3 is 15.0 Å². The second-order valence-electron chi connectivity index (χ2n) is 7.32. The second-order valence-corrected chi connectivity index (χ2v) is 7.73. The molecule has 3 aromatic rings. The van der Waals surface area contributed by atoms with Gasteiger partial charge in [0.2, 0.25) is 5.91 Å². The summed E-state index contributed by atoms with van der Waals surface area (Å²) in [6, 6.07) is 14.8. The van der Waals surface area contributed by atoms with E-state index >= 15 is 0 Å². The molecule has 10 heteroatoms. The number of nitrogens with zero attached hydrogens (tertiary/aromatic N) is 2. The number of nitrogens with one attached hydrogen (secondary N) is 1. The summed E-state index contributed by atoms with van der Waals surface area (Å²) in [5, 5.41) is 13.6. The minimum absolute atomic E-state index is 0.0475. The number of hydrogen-bond donors (Lipinski definition) is 1. The second kappa shape index (κ2) is 9.72. The lowest BCUT2D eigenvalue weighted by atomic mass is 10.1. The van der Waals surface area contributed by atoms with Gasteiger partial charge in [0.25, 0.3) is 11.6 Å². The van der Waals surface area contributed by atoms with Gasteiger partial charge >= 0.3 is 0 Å². The molecule has 0 unspecified atom stereocenters. The van der Waals surface area contributed by atoms with Crippen LogP contribution in [0.15, 0.2) is 66.7 Å². The molecular formula is C24H17ClFN3O5. The summed E-state index contributed by atoms with van der Waals surface area (Å²) in [4.78, 5) is 36.5. The van der Waals surface area contributed by atoms with Crippen LogP contribution in [0.3, 0.4) is 0 Å². The summed E-state index contributed by atoms with van der Waals surface area (Å²) in [6.45, 7) is -0.305. The van der Waals surface area contributed by atoms with Gasteiger partial charge in [-0.25, -0.2) is 4.39 Å². The number of benzene rings is 3. The van der Waals surface area contributed by atoms with Gasteiger partial charge in [0.05, 0.1) is 17.2 Å². The highest BCUT2D eigenvalue weighted by molar-refractivity contribution is 6.31. The van der Waals surface area contributed by atoms with Crippen LogP contribution in [0.4, 0.5) is 21.5 Å². The van der Waals surface area contributed by atoms with Crippen molar-refractivity contribution in [1.82, 2.24) is 0 Å². The highest BCUT2D eigenvalue weighted by atomic mass is 35.5. The number of nitro benzene ring substituents is 1. The van der Waals surface area contributed by atoms with E-state index in [2.05, 4.69) is 5.32 Å². The largest absolute Gasteiger partial charge is 0.482 e. The first kappa shape index (κ1) is 22.9. The van der Waals surface area contributed by atoms with E-state index < -0.39 is 16.6 Å². The van der Waals surface area contributed by atoms with Gasteiger partial charge in [-0.15, -0.1) is 0 Å². The first-order chi connectivity index (χ1) is 16.3. The van der Waals surface area contributed by atoms with Crippen LogP contribution >= 0.6 is 11.6 Å². The Hall–Kier alpha value is -4.24. The Labute approximate surface area is 198 Å². The maximum absolute atomic E-state index is 14.3. The number of nitro groups is 1. The van der Waals surface area contributed by atoms with Crippen LogP contribution < -0.4 is 15.0 Å². The Bertz CT molecular complexity index is 1290. The SMILES string of the molecule is O=C(/C=C/c1ccc([N+](=O)[O-])cc1)Nc1ccc2c(c1)N(Cc1c(F)cccc1Cl)C(=O)CO2. The van der Waals surface area contributed by atoms with Crippen LogP contribution in [-0.2, 0) is 16.1 Å². The van der Waals surface area contributed by atoms with Crippen molar-refractivity contribution in [3.8, 4) is 5.75 Å². The molecule has 3 aromatic carbocycles. The van der Waals surface area contributed by atoms with Crippen molar-refractivity contribution in [3.63, 3.8) is 0 Å². The van der Waals surface area contributed by atoms with E-state index in [-0.39, 0.29) is 35.3 Å². The van der Waals surface area contributed by atoms with Crippen molar-refractivity contribution in [2.45, 2.75) is 6.54 Å². The molecule has 0 saturated carbocycles. The van der Waals surface area contributed by atoms with Crippen LogP contribution in [0, 0.1) is 15.9 Å². The molecule has 1 heterocycles. The molecule has 0 radical (unpaired) electrons. The Morgan fingerprint density at radius 3 is 2.68 bits per heavy atom. The summed E-state index contributed by atoms with van der Waals surface area (Å²) >= 11 is 6.13. The van der Waals surface area contributed by atoms with Crippen molar-refractivity contribution in [2.75, 3.05) is 16.8 Å². The number of amides is 2. The number of carbonyl (C=O) groups is 2. The average molecular weight is 482 g/mol. The van der Waals surface area contributed by atoms with Crippen LogP contribution in [0.1, 0.15) is 11.1 Å². The Balaban J connectivity index is 1.52. The number of non-ortho nitro benzene ring substituents is 1. The summed E-state index contributed by atoms with van der Waals surface area (Å²) in [7, 11) is 0. The minimum Gasteiger partial charge on any atom is -0.482 e. The predicted octanol–water partition coefficient (Wildman–Crippen LogP) is 4.96. The molecule has 0 aliphatic carbocycles. The zero-order chi connectivity index (χ0) is 24.2. The van der Waals surface area contributed by atoms with Gasteiger partial charge in [0, 0.05) is 34.5 Å². The van der Waals surface area contributed by atoms with E-state index in [9.17, 15) is 24.1 Å². The van der Waals surface area contributed by atoms with Gasteiger partial charge in [0.1, 0.15) is 11.6 Å². The fourth-order valence-electron chi connectivity index (χ4n) is 3.36. The molecule has 2 amide bonds. The maximum Gasteiger partial charge on any atom is 0.269 e.